The van der Waals surface area contributed by atoms with Crippen LogP contribution in [0.3, 0.4) is 0 Å². The van der Waals surface area contributed by atoms with Gasteiger partial charge in [-0.15, -0.1) is 0 Å². The lowest BCUT2D eigenvalue weighted by Gasteiger charge is -2.07. The molecule has 0 aromatic carbocycles. The smallest absolute Gasteiger partial charge is 0.257 e. The number of hydrogen-bond acceptors (Lipinski definition) is 5. The minimum absolute atomic E-state index is 0.138. The molecule has 0 spiro atoms. The Balaban J connectivity index is 2.45. The second-order valence-corrected chi connectivity index (χ2v) is 5.91. The summed E-state index contributed by atoms with van der Waals surface area (Å²) in [7, 11) is -0.0883. The van der Waals surface area contributed by atoms with E-state index in [2.05, 4.69) is 20.2 Å². The average Bonchev–Trinajstić information content (AvgIpc) is 2.83. The fraction of sp³-hybridized carbons (Fsp3) is 0.727. The topological polar surface area (TPSA) is 96.1 Å². The van der Waals surface area contributed by atoms with Crippen molar-refractivity contribution < 1.29 is 13.2 Å². The number of aromatic amines is 1. The molecule has 0 aliphatic rings. The predicted molar refractivity (Wildman–Crippen MR) is 72.3 cm³/mol. The Morgan fingerprint density at radius 2 is 2.16 bits per heavy atom. The van der Waals surface area contributed by atoms with Crippen molar-refractivity contribution >= 4 is 10.0 Å². The third-order valence-electron chi connectivity index (χ3n) is 2.63. The molecule has 1 rings (SSSR count). The van der Waals surface area contributed by atoms with E-state index in [4.69, 9.17) is 4.74 Å². The Labute approximate surface area is 114 Å². The van der Waals surface area contributed by atoms with E-state index in [1.807, 2.05) is 0 Å². The first-order valence-electron chi connectivity index (χ1n) is 6.27. The highest BCUT2D eigenvalue weighted by atomic mass is 32.2. The van der Waals surface area contributed by atoms with E-state index in [1.165, 1.54) is 6.20 Å². The van der Waals surface area contributed by atoms with Crippen LogP contribution in [0.2, 0.25) is 0 Å². The second kappa shape index (κ2) is 8.26. The van der Waals surface area contributed by atoms with Crippen molar-refractivity contribution in [3.05, 3.63) is 11.8 Å². The summed E-state index contributed by atoms with van der Waals surface area (Å²) in [5.41, 5.74) is 0.634. The van der Waals surface area contributed by atoms with Gasteiger partial charge in [0.25, 0.3) is 10.0 Å². The number of nitrogens with one attached hydrogen (secondary N) is 3. The number of H-pyrrole nitrogens is 1. The van der Waals surface area contributed by atoms with Crippen LogP contribution in [0.4, 0.5) is 0 Å². The normalized spacial score (nSPS) is 11.9. The van der Waals surface area contributed by atoms with E-state index in [0.29, 0.717) is 25.3 Å². The van der Waals surface area contributed by atoms with Crippen LogP contribution in [0, 0.1) is 0 Å². The van der Waals surface area contributed by atoms with Crippen molar-refractivity contribution in [3.8, 4) is 0 Å². The highest BCUT2D eigenvalue weighted by molar-refractivity contribution is 7.89. The highest BCUT2D eigenvalue weighted by Crippen LogP contribution is 2.11. The van der Waals surface area contributed by atoms with Crippen LogP contribution in [0.5, 0.6) is 0 Å². The maximum absolute atomic E-state index is 12.0. The van der Waals surface area contributed by atoms with Gasteiger partial charge in [-0.2, -0.15) is 5.10 Å². The van der Waals surface area contributed by atoms with Gasteiger partial charge in [0.2, 0.25) is 0 Å². The first-order chi connectivity index (χ1) is 9.11. The number of hydrogen-bond donors (Lipinski definition) is 3. The minimum Gasteiger partial charge on any atom is -0.385 e. The van der Waals surface area contributed by atoms with Gasteiger partial charge in [0.05, 0.1) is 6.20 Å². The largest absolute Gasteiger partial charge is 0.385 e. The quantitative estimate of drug-likeness (QED) is 0.536. The van der Waals surface area contributed by atoms with E-state index >= 15 is 0 Å². The zero-order valence-corrected chi connectivity index (χ0v) is 12.2. The summed E-state index contributed by atoms with van der Waals surface area (Å²) in [5, 5.41) is 9.35. The van der Waals surface area contributed by atoms with Crippen LogP contribution in [0.25, 0.3) is 0 Å². The van der Waals surface area contributed by atoms with Crippen molar-refractivity contribution in [3.63, 3.8) is 0 Å². The summed E-state index contributed by atoms with van der Waals surface area (Å²) in [6.45, 7) is 1.59. The molecule has 1 aromatic rings. The van der Waals surface area contributed by atoms with Crippen molar-refractivity contribution in [2.24, 2.45) is 0 Å². The first-order valence-corrected chi connectivity index (χ1v) is 7.75. The minimum atomic E-state index is -3.50. The molecule has 19 heavy (non-hydrogen) atoms. The van der Waals surface area contributed by atoms with Gasteiger partial charge in [0, 0.05) is 32.4 Å². The molecule has 0 bridgehead atoms. The molecule has 1 aromatic heterocycles. The van der Waals surface area contributed by atoms with Gasteiger partial charge in [-0.1, -0.05) is 0 Å². The predicted octanol–water partition coefficient (Wildman–Crippen LogP) is 0.224. The molecule has 0 radical (unpaired) electrons. The number of rotatable bonds is 10. The zero-order chi connectivity index (χ0) is 14.1. The van der Waals surface area contributed by atoms with Gasteiger partial charge in [-0.25, -0.2) is 13.1 Å². The monoisotopic (exact) mass is 290 g/mol. The van der Waals surface area contributed by atoms with Gasteiger partial charge in [0.15, 0.2) is 5.03 Å². The lowest BCUT2D eigenvalue weighted by Crippen LogP contribution is -2.26. The van der Waals surface area contributed by atoms with Crippen LogP contribution in [0.15, 0.2) is 11.2 Å². The summed E-state index contributed by atoms with van der Waals surface area (Å²) >= 11 is 0. The average molecular weight is 290 g/mol. The Morgan fingerprint density at radius 1 is 1.37 bits per heavy atom. The molecule has 8 heteroatoms. The van der Waals surface area contributed by atoms with Crippen LogP contribution in [-0.4, -0.2) is 45.9 Å². The van der Waals surface area contributed by atoms with Crippen molar-refractivity contribution in [1.82, 2.24) is 20.2 Å². The SMILES string of the molecule is CNCc1cn[nH]c1S(=O)(=O)NCCCCCOC. The molecule has 0 fully saturated rings. The Kier molecular flexibility index (Phi) is 7.00. The summed E-state index contributed by atoms with van der Waals surface area (Å²) in [5.74, 6) is 0. The van der Waals surface area contributed by atoms with E-state index in [-0.39, 0.29) is 5.03 Å². The van der Waals surface area contributed by atoms with E-state index in [9.17, 15) is 8.42 Å². The van der Waals surface area contributed by atoms with Gasteiger partial charge in [-0.05, 0) is 26.3 Å². The molecule has 0 amide bonds. The van der Waals surface area contributed by atoms with Gasteiger partial charge in [-0.3, -0.25) is 5.10 Å². The van der Waals surface area contributed by atoms with Gasteiger partial charge in [0.1, 0.15) is 0 Å². The fourth-order valence-corrected chi connectivity index (χ4v) is 2.88. The van der Waals surface area contributed by atoms with E-state index in [0.717, 1.165) is 19.3 Å². The number of methoxy groups -OCH3 is 1. The highest BCUT2D eigenvalue weighted by Gasteiger charge is 2.19. The molecule has 3 N–H and O–H groups in total. The molecular formula is C11H22N4O3S. The third-order valence-corrected chi connectivity index (χ3v) is 4.11. The Morgan fingerprint density at radius 3 is 2.84 bits per heavy atom. The number of unbranched alkanes of at least 4 members (excludes halogenated alkanes) is 2. The molecule has 0 unspecified atom stereocenters. The Bertz CT molecular complexity index is 458. The molecule has 0 aliphatic heterocycles. The van der Waals surface area contributed by atoms with Crippen LogP contribution < -0.4 is 10.0 Å². The van der Waals surface area contributed by atoms with E-state index in [1.54, 1.807) is 14.2 Å². The summed E-state index contributed by atoms with van der Waals surface area (Å²) in [4.78, 5) is 0. The molecule has 0 atom stereocenters. The molecular weight excluding hydrogens is 268 g/mol. The summed E-state index contributed by atoms with van der Waals surface area (Å²) < 4.78 is 31.6. The molecule has 0 aliphatic carbocycles. The molecule has 1 heterocycles. The summed E-state index contributed by atoms with van der Waals surface area (Å²) in [6.07, 6.45) is 4.18. The van der Waals surface area contributed by atoms with Gasteiger partial charge >= 0.3 is 0 Å². The number of nitrogens with zero attached hydrogens (tertiary/aromatic N) is 1. The van der Waals surface area contributed by atoms with Crippen molar-refractivity contribution in [2.45, 2.75) is 30.8 Å². The summed E-state index contributed by atoms with van der Waals surface area (Å²) in [6, 6.07) is 0. The lowest BCUT2D eigenvalue weighted by atomic mass is 10.2. The van der Waals surface area contributed by atoms with E-state index < -0.39 is 10.0 Å². The second-order valence-electron chi connectivity index (χ2n) is 4.21. The molecule has 0 saturated heterocycles. The Hall–Kier alpha value is -0.960. The molecule has 110 valence electrons. The van der Waals surface area contributed by atoms with Crippen LogP contribution in [0.1, 0.15) is 24.8 Å². The van der Waals surface area contributed by atoms with Crippen molar-refractivity contribution in [2.75, 3.05) is 27.3 Å². The first kappa shape index (κ1) is 16.1. The maximum atomic E-state index is 12.0. The molecule has 0 saturated carbocycles. The third kappa shape index (κ3) is 5.27. The van der Waals surface area contributed by atoms with Crippen LogP contribution >= 0.6 is 0 Å². The van der Waals surface area contributed by atoms with Crippen molar-refractivity contribution in [1.29, 1.82) is 0 Å². The zero-order valence-electron chi connectivity index (χ0n) is 11.4. The number of ether oxygens (including phenoxy) is 1. The lowest BCUT2D eigenvalue weighted by molar-refractivity contribution is 0.192. The number of sulfonamides is 1. The molecule has 7 nitrogen and oxygen atoms in total. The van der Waals surface area contributed by atoms with Crippen LogP contribution in [-0.2, 0) is 21.3 Å². The van der Waals surface area contributed by atoms with Gasteiger partial charge < -0.3 is 10.1 Å². The standard InChI is InChI=1S/C11H22N4O3S/c1-12-8-10-9-13-15-11(10)19(16,17)14-6-4-3-5-7-18-2/h9,12,14H,3-8H2,1-2H3,(H,13,15). The fourth-order valence-electron chi connectivity index (χ4n) is 1.68. The number of aromatic nitrogens is 2. The maximum Gasteiger partial charge on any atom is 0.257 e.